The molecule has 1 saturated heterocycles. The van der Waals surface area contributed by atoms with Gasteiger partial charge in [0, 0.05) is 50.1 Å². The van der Waals surface area contributed by atoms with Crippen LogP contribution in [0.1, 0.15) is 22.8 Å². The van der Waals surface area contributed by atoms with Gasteiger partial charge >= 0.3 is 6.18 Å². The number of nitrogens with zero attached hydrogens (tertiary/aromatic N) is 4. The number of rotatable bonds is 5. The van der Waals surface area contributed by atoms with Crippen molar-refractivity contribution >= 4 is 23.3 Å². The maximum absolute atomic E-state index is 12.7. The van der Waals surface area contributed by atoms with Crippen LogP contribution in [0.5, 0.6) is 0 Å². The molecule has 1 atom stereocenters. The number of nitro groups is 1. The Morgan fingerprint density at radius 2 is 1.84 bits per heavy atom. The third kappa shape index (κ3) is 5.31. The van der Waals surface area contributed by atoms with E-state index in [0.29, 0.717) is 32.0 Å². The molecule has 0 bridgehead atoms. The van der Waals surface area contributed by atoms with Gasteiger partial charge in [-0.25, -0.2) is 4.98 Å². The fourth-order valence-electron chi connectivity index (χ4n) is 3.27. The fourth-order valence-corrected chi connectivity index (χ4v) is 3.27. The third-order valence-corrected chi connectivity index (χ3v) is 5.03. The average molecular weight is 451 g/mol. The van der Waals surface area contributed by atoms with E-state index in [9.17, 15) is 32.9 Å². The number of alkyl halides is 3. The van der Waals surface area contributed by atoms with Crippen LogP contribution in [-0.4, -0.2) is 58.8 Å². The number of anilines is 1. The minimum atomic E-state index is -4.46. The molecule has 12 heteroatoms. The molecule has 1 aliphatic heterocycles. The molecule has 0 radical (unpaired) electrons. The van der Waals surface area contributed by atoms with Crippen molar-refractivity contribution in [1.82, 2.24) is 15.2 Å². The summed E-state index contributed by atoms with van der Waals surface area (Å²) in [5.74, 6) is -0.553. The second-order valence-corrected chi connectivity index (χ2v) is 7.22. The Balaban J connectivity index is 1.55. The van der Waals surface area contributed by atoms with Crippen LogP contribution in [0.25, 0.3) is 0 Å². The quantitative estimate of drug-likeness (QED) is 0.553. The van der Waals surface area contributed by atoms with Gasteiger partial charge < -0.3 is 15.1 Å². The highest BCUT2D eigenvalue weighted by Gasteiger charge is 2.31. The zero-order chi connectivity index (χ0) is 23.5. The van der Waals surface area contributed by atoms with Gasteiger partial charge in [0.05, 0.1) is 10.5 Å². The molecule has 2 aromatic rings. The first-order valence-corrected chi connectivity index (χ1v) is 9.68. The first-order chi connectivity index (χ1) is 15.1. The first kappa shape index (κ1) is 23.0. The van der Waals surface area contributed by atoms with Crippen LogP contribution in [0.3, 0.4) is 0 Å². The summed E-state index contributed by atoms with van der Waals surface area (Å²) in [6, 6.07) is 6.58. The molecule has 0 spiro atoms. The van der Waals surface area contributed by atoms with Gasteiger partial charge in [-0.1, -0.05) is 6.07 Å². The Labute approximate surface area is 181 Å². The van der Waals surface area contributed by atoms with Crippen LogP contribution < -0.4 is 10.2 Å². The summed E-state index contributed by atoms with van der Waals surface area (Å²) >= 11 is 0. The smallest absolute Gasteiger partial charge is 0.353 e. The number of nitro benzene ring substituents is 1. The van der Waals surface area contributed by atoms with E-state index >= 15 is 0 Å². The molecule has 170 valence electrons. The number of aromatic nitrogens is 1. The highest BCUT2D eigenvalue weighted by Crippen LogP contribution is 2.29. The highest BCUT2D eigenvalue weighted by atomic mass is 19.4. The second kappa shape index (κ2) is 9.20. The minimum Gasteiger partial charge on any atom is -0.353 e. The van der Waals surface area contributed by atoms with Gasteiger partial charge in [-0.3, -0.25) is 19.7 Å². The van der Waals surface area contributed by atoms with Crippen molar-refractivity contribution in [3.05, 3.63) is 63.8 Å². The number of halogens is 3. The zero-order valence-electron chi connectivity index (χ0n) is 17.0. The van der Waals surface area contributed by atoms with Crippen molar-refractivity contribution in [3.8, 4) is 0 Å². The average Bonchev–Trinajstić information content (AvgIpc) is 2.78. The molecule has 1 aromatic carbocycles. The summed E-state index contributed by atoms with van der Waals surface area (Å²) < 4.78 is 38.0. The zero-order valence-corrected chi connectivity index (χ0v) is 17.0. The van der Waals surface area contributed by atoms with E-state index < -0.39 is 28.6 Å². The number of nitrogens with one attached hydrogen (secondary N) is 1. The number of benzene rings is 1. The number of piperazine rings is 1. The molecule has 3 rings (SSSR count). The monoisotopic (exact) mass is 451 g/mol. The predicted molar refractivity (Wildman–Crippen MR) is 108 cm³/mol. The fraction of sp³-hybridized carbons (Fsp3) is 0.350. The van der Waals surface area contributed by atoms with Crippen LogP contribution in [-0.2, 0) is 11.0 Å². The van der Waals surface area contributed by atoms with Crippen LogP contribution in [0, 0.1) is 10.1 Å². The van der Waals surface area contributed by atoms with Crippen molar-refractivity contribution in [2.75, 3.05) is 31.1 Å². The summed E-state index contributed by atoms with van der Waals surface area (Å²) in [6.45, 7) is 2.86. The van der Waals surface area contributed by atoms with Crippen molar-refractivity contribution in [3.63, 3.8) is 0 Å². The Morgan fingerprint density at radius 3 is 2.41 bits per heavy atom. The second-order valence-electron chi connectivity index (χ2n) is 7.22. The minimum absolute atomic E-state index is 0.0667. The summed E-state index contributed by atoms with van der Waals surface area (Å²) in [4.78, 5) is 42.5. The normalized spacial score (nSPS) is 15.2. The molecule has 2 heterocycles. The van der Waals surface area contributed by atoms with E-state index in [1.165, 1.54) is 31.2 Å². The molecule has 1 N–H and O–H groups in total. The lowest BCUT2D eigenvalue weighted by molar-refractivity contribution is -0.384. The molecule has 1 aliphatic rings. The van der Waals surface area contributed by atoms with E-state index in [1.54, 1.807) is 9.80 Å². The van der Waals surface area contributed by atoms with Gasteiger partial charge in [-0.05, 0) is 25.1 Å². The molecular formula is C20H20F3N5O4. The van der Waals surface area contributed by atoms with Gasteiger partial charge in [0.1, 0.15) is 11.9 Å². The first-order valence-electron chi connectivity index (χ1n) is 9.68. The van der Waals surface area contributed by atoms with Crippen molar-refractivity contribution in [2.45, 2.75) is 19.1 Å². The van der Waals surface area contributed by atoms with E-state index in [1.807, 2.05) is 0 Å². The molecule has 0 saturated carbocycles. The number of hydrogen-bond acceptors (Lipinski definition) is 6. The van der Waals surface area contributed by atoms with Crippen molar-refractivity contribution in [2.24, 2.45) is 0 Å². The van der Waals surface area contributed by atoms with Crippen LogP contribution in [0.15, 0.2) is 42.6 Å². The number of pyridine rings is 1. The van der Waals surface area contributed by atoms with E-state index in [4.69, 9.17) is 0 Å². The highest BCUT2D eigenvalue weighted by molar-refractivity contribution is 5.97. The molecule has 1 unspecified atom stereocenters. The third-order valence-electron chi connectivity index (χ3n) is 5.03. The van der Waals surface area contributed by atoms with Gasteiger partial charge in [0.2, 0.25) is 5.91 Å². The lowest BCUT2D eigenvalue weighted by atomic mass is 10.1. The Morgan fingerprint density at radius 1 is 1.16 bits per heavy atom. The molecular weight excluding hydrogens is 431 g/mol. The Hall–Kier alpha value is -3.70. The number of hydrogen-bond donors (Lipinski definition) is 1. The lowest BCUT2D eigenvalue weighted by Gasteiger charge is -2.36. The topological polar surface area (TPSA) is 109 Å². The van der Waals surface area contributed by atoms with Gasteiger partial charge in [-0.15, -0.1) is 0 Å². The number of amides is 2. The summed E-state index contributed by atoms with van der Waals surface area (Å²) in [5.41, 5.74) is -0.995. The molecule has 1 fully saturated rings. The Bertz CT molecular complexity index is 1010. The predicted octanol–water partition coefficient (Wildman–Crippen LogP) is 2.48. The number of carbonyl (C=O) groups excluding carboxylic acids is 2. The SMILES string of the molecule is CC(NC(=O)c1cccc([N+](=O)[O-])c1)C(=O)N1CCN(c2ccc(C(F)(F)F)cn2)CC1. The van der Waals surface area contributed by atoms with Crippen LogP contribution >= 0.6 is 0 Å². The summed E-state index contributed by atoms with van der Waals surface area (Å²) in [7, 11) is 0. The summed E-state index contributed by atoms with van der Waals surface area (Å²) in [6.07, 6.45) is -3.68. The molecule has 0 aliphatic carbocycles. The van der Waals surface area contributed by atoms with Gasteiger partial charge in [0.25, 0.3) is 11.6 Å². The lowest BCUT2D eigenvalue weighted by Crippen LogP contribution is -2.54. The van der Waals surface area contributed by atoms with Gasteiger partial charge in [-0.2, -0.15) is 13.2 Å². The molecule has 2 amide bonds. The molecule has 1 aromatic heterocycles. The number of carbonyl (C=O) groups is 2. The van der Waals surface area contributed by atoms with E-state index in [0.717, 1.165) is 18.3 Å². The van der Waals surface area contributed by atoms with Crippen LogP contribution in [0.4, 0.5) is 24.7 Å². The van der Waals surface area contributed by atoms with E-state index in [2.05, 4.69) is 10.3 Å². The standard InChI is InChI=1S/C20H20F3N5O4/c1-13(25-18(29)14-3-2-4-16(11-14)28(31)32)19(30)27-9-7-26(8-10-27)17-6-5-15(12-24-17)20(21,22)23/h2-6,11-13H,7-10H2,1H3,(H,25,29). The largest absolute Gasteiger partial charge is 0.417 e. The van der Waals surface area contributed by atoms with Crippen molar-refractivity contribution in [1.29, 1.82) is 0 Å². The number of non-ortho nitro benzene ring substituents is 1. The van der Waals surface area contributed by atoms with Crippen molar-refractivity contribution < 1.29 is 27.7 Å². The molecule has 9 nitrogen and oxygen atoms in total. The van der Waals surface area contributed by atoms with E-state index in [-0.39, 0.29) is 17.2 Å². The maximum Gasteiger partial charge on any atom is 0.417 e. The molecule has 32 heavy (non-hydrogen) atoms. The Kier molecular flexibility index (Phi) is 6.61. The summed E-state index contributed by atoms with van der Waals surface area (Å²) in [5, 5.41) is 13.4. The maximum atomic E-state index is 12.7. The van der Waals surface area contributed by atoms with Crippen LogP contribution in [0.2, 0.25) is 0 Å². The van der Waals surface area contributed by atoms with Gasteiger partial charge in [0.15, 0.2) is 0 Å².